The molecule has 0 saturated carbocycles. The van der Waals surface area contributed by atoms with E-state index >= 15 is 0 Å². The highest BCUT2D eigenvalue weighted by molar-refractivity contribution is 5.95. The average molecular weight is 408 g/mol. The first-order valence-electron chi connectivity index (χ1n) is 8.21. The van der Waals surface area contributed by atoms with E-state index in [9.17, 15) is 26.7 Å². The first-order chi connectivity index (χ1) is 13.7. The van der Waals surface area contributed by atoms with Crippen LogP contribution in [0.15, 0.2) is 54.9 Å². The lowest BCUT2D eigenvalue weighted by Gasteiger charge is -2.15. The monoisotopic (exact) mass is 408 g/mol. The summed E-state index contributed by atoms with van der Waals surface area (Å²) in [4.78, 5) is 19.4. The van der Waals surface area contributed by atoms with Gasteiger partial charge in [0.25, 0.3) is 5.91 Å². The molecule has 2 heterocycles. The van der Waals surface area contributed by atoms with Crippen molar-refractivity contribution < 1.29 is 26.7 Å². The van der Waals surface area contributed by atoms with Gasteiger partial charge in [0.05, 0.1) is 11.1 Å². The highest BCUT2D eigenvalue weighted by atomic mass is 19.4. The number of alkyl halides is 3. The summed E-state index contributed by atoms with van der Waals surface area (Å²) in [5.41, 5.74) is -1.39. The second kappa shape index (κ2) is 8.21. The van der Waals surface area contributed by atoms with Gasteiger partial charge in [-0.2, -0.15) is 17.6 Å². The molecule has 3 rings (SSSR count). The summed E-state index contributed by atoms with van der Waals surface area (Å²) in [6.45, 7) is -0.196. The number of rotatable bonds is 5. The molecule has 1 aromatic carbocycles. The minimum absolute atomic E-state index is 0.196. The molecule has 0 aliphatic heterocycles. The number of hydrogen-bond donors (Lipinski definition) is 2. The second-order valence-electron chi connectivity index (χ2n) is 5.92. The van der Waals surface area contributed by atoms with Gasteiger partial charge < -0.3 is 10.6 Å². The lowest BCUT2D eigenvalue weighted by atomic mass is 10.1. The molecule has 2 N–H and O–H groups in total. The zero-order chi connectivity index (χ0) is 21.0. The van der Waals surface area contributed by atoms with Crippen LogP contribution < -0.4 is 10.6 Å². The molecule has 0 unspecified atom stereocenters. The maximum Gasteiger partial charge on any atom is 0.417 e. The molecule has 29 heavy (non-hydrogen) atoms. The SMILES string of the molecule is O=C(NCc1ccnc(F)c1)c1cnc(Nc2cccc(F)c2)cc1C(F)(F)F. The molecule has 2 aromatic heterocycles. The Morgan fingerprint density at radius 1 is 1.03 bits per heavy atom. The summed E-state index contributed by atoms with van der Waals surface area (Å²) in [5, 5.41) is 4.84. The van der Waals surface area contributed by atoms with Crippen molar-refractivity contribution in [2.45, 2.75) is 12.7 Å². The third kappa shape index (κ3) is 5.24. The maximum absolute atomic E-state index is 13.5. The van der Waals surface area contributed by atoms with E-state index in [0.29, 0.717) is 11.6 Å². The predicted molar refractivity (Wildman–Crippen MR) is 94.3 cm³/mol. The van der Waals surface area contributed by atoms with Crippen molar-refractivity contribution in [2.75, 3.05) is 5.32 Å². The number of aromatic nitrogens is 2. The van der Waals surface area contributed by atoms with Crippen molar-refractivity contribution in [3.8, 4) is 0 Å². The minimum Gasteiger partial charge on any atom is -0.348 e. The molecule has 0 aliphatic carbocycles. The van der Waals surface area contributed by atoms with Crippen LogP contribution in [0.25, 0.3) is 0 Å². The molecule has 10 heteroatoms. The van der Waals surface area contributed by atoms with Crippen LogP contribution in [0.4, 0.5) is 33.5 Å². The number of nitrogens with one attached hydrogen (secondary N) is 2. The fourth-order valence-corrected chi connectivity index (χ4v) is 2.48. The van der Waals surface area contributed by atoms with Gasteiger partial charge in [-0.05, 0) is 42.0 Å². The molecule has 0 radical (unpaired) electrons. The number of anilines is 2. The Morgan fingerprint density at radius 2 is 1.83 bits per heavy atom. The van der Waals surface area contributed by atoms with Crippen LogP contribution in [-0.4, -0.2) is 15.9 Å². The third-order valence-corrected chi connectivity index (χ3v) is 3.80. The number of carbonyl (C=O) groups excluding carboxylic acids is 1. The summed E-state index contributed by atoms with van der Waals surface area (Å²) < 4.78 is 66.7. The molecular formula is C19H13F5N4O. The number of nitrogens with zero attached hydrogens (tertiary/aromatic N) is 2. The van der Waals surface area contributed by atoms with Crippen LogP contribution in [0, 0.1) is 11.8 Å². The van der Waals surface area contributed by atoms with E-state index < -0.39 is 35.0 Å². The largest absolute Gasteiger partial charge is 0.417 e. The summed E-state index contributed by atoms with van der Waals surface area (Å²) in [6, 6.07) is 8.23. The van der Waals surface area contributed by atoms with E-state index in [2.05, 4.69) is 20.6 Å². The van der Waals surface area contributed by atoms with Gasteiger partial charge in [-0.1, -0.05) is 6.07 Å². The van der Waals surface area contributed by atoms with E-state index in [-0.39, 0.29) is 18.1 Å². The normalized spacial score (nSPS) is 11.2. The van der Waals surface area contributed by atoms with Crippen LogP contribution in [0.3, 0.4) is 0 Å². The number of pyridine rings is 2. The zero-order valence-corrected chi connectivity index (χ0v) is 14.6. The van der Waals surface area contributed by atoms with E-state index in [0.717, 1.165) is 18.3 Å². The van der Waals surface area contributed by atoms with E-state index in [1.54, 1.807) is 0 Å². The number of carbonyl (C=O) groups is 1. The summed E-state index contributed by atoms with van der Waals surface area (Å²) in [5.74, 6) is -2.59. The van der Waals surface area contributed by atoms with E-state index in [1.807, 2.05) is 0 Å². The van der Waals surface area contributed by atoms with Gasteiger partial charge in [0, 0.05) is 24.6 Å². The molecule has 3 aromatic rings. The van der Waals surface area contributed by atoms with Gasteiger partial charge in [0.15, 0.2) is 0 Å². The van der Waals surface area contributed by atoms with Gasteiger partial charge in [-0.25, -0.2) is 14.4 Å². The first-order valence-corrected chi connectivity index (χ1v) is 8.21. The summed E-state index contributed by atoms with van der Waals surface area (Å²) >= 11 is 0. The van der Waals surface area contributed by atoms with E-state index in [4.69, 9.17) is 0 Å². The number of halogens is 5. The zero-order valence-electron chi connectivity index (χ0n) is 14.6. The van der Waals surface area contributed by atoms with Crippen molar-refractivity contribution in [1.29, 1.82) is 0 Å². The molecule has 0 saturated heterocycles. The molecule has 0 aliphatic rings. The van der Waals surface area contributed by atoms with E-state index in [1.165, 1.54) is 30.5 Å². The topological polar surface area (TPSA) is 66.9 Å². The van der Waals surface area contributed by atoms with Gasteiger partial charge in [-0.15, -0.1) is 0 Å². The molecule has 150 valence electrons. The molecule has 0 spiro atoms. The Bertz CT molecular complexity index is 1040. The van der Waals surface area contributed by atoms with Crippen molar-refractivity contribution >= 4 is 17.4 Å². The van der Waals surface area contributed by atoms with Crippen molar-refractivity contribution in [1.82, 2.24) is 15.3 Å². The van der Waals surface area contributed by atoms with Crippen molar-refractivity contribution in [3.05, 3.63) is 83.3 Å². The van der Waals surface area contributed by atoms with Crippen molar-refractivity contribution in [2.24, 2.45) is 0 Å². The Balaban J connectivity index is 1.83. The molecular weight excluding hydrogens is 395 g/mol. The van der Waals surface area contributed by atoms with Gasteiger partial charge >= 0.3 is 6.18 Å². The first kappa shape index (κ1) is 20.2. The van der Waals surface area contributed by atoms with Gasteiger partial charge in [0.1, 0.15) is 11.6 Å². The predicted octanol–water partition coefficient (Wildman–Crippen LogP) is 4.45. The Hall–Kier alpha value is -3.56. The molecule has 0 bridgehead atoms. The lowest BCUT2D eigenvalue weighted by Crippen LogP contribution is -2.26. The minimum atomic E-state index is -4.84. The van der Waals surface area contributed by atoms with Gasteiger partial charge in [0.2, 0.25) is 5.95 Å². The van der Waals surface area contributed by atoms with Gasteiger partial charge in [-0.3, -0.25) is 4.79 Å². The highest BCUT2D eigenvalue weighted by Crippen LogP contribution is 2.33. The average Bonchev–Trinajstić information content (AvgIpc) is 2.65. The molecule has 5 nitrogen and oxygen atoms in total. The number of benzene rings is 1. The number of amides is 1. The lowest BCUT2D eigenvalue weighted by molar-refractivity contribution is -0.137. The van der Waals surface area contributed by atoms with Crippen LogP contribution in [-0.2, 0) is 12.7 Å². The summed E-state index contributed by atoms with van der Waals surface area (Å²) in [7, 11) is 0. The third-order valence-electron chi connectivity index (χ3n) is 3.80. The van der Waals surface area contributed by atoms with Crippen LogP contribution in [0.1, 0.15) is 21.5 Å². The second-order valence-corrected chi connectivity index (χ2v) is 5.92. The van der Waals surface area contributed by atoms with Crippen LogP contribution in [0.2, 0.25) is 0 Å². The van der Waals surface area contributed by atoms with Crippen LogP contribution in [0.5, 0.6) is 0 Å². The molecule has 1 amide bonds. The Kier molecular flexibility index (Phi) is 5.71. The Labute approximate surface area is 161 Å². The fourth-order valence-electron chi connectivity index (χ4n) is 2.48. The summed E-state index contributed by atoms with van der Waals surface area (Å²) in [6.07, 6.45) is -2.89. The van der Waals surface area contributed by atoms with Crippen LogP contribution >= 0.6 is 0 Å². The Morgan fingerprint density at radius 3 is 2.52 bits per heavy atom. The quantitative estimate of drug-likeness (QED) is 0.484. The smallest absolute Gasteiger partial charge is 0.348 e. The van der Waals surface area contributed by atoms with Crippen molar-refractivity contribution in [3.63, 3.8) is 0 Å². The number of hydrogen-bond acceptors (Lipinski definition) is 4. The standard InChI is InChI=1S/C19H13F5N4O/c20-12-2-1-3-13(7-12)28-17-8-15(19(22,23)24)14(10-26-17)18(29)27-9-11-4-5-25-16(21)6-11/h1-8,10H,9H2,(H,26,28)(H,27,29). The fraction of sp³-hybridized carbons (Fsp3) is 0.105. The maximum atomic E-state index is 13.5. The molecule has 0 atom stereocenters. The highest BCUT2D eigenvalue weighted by Gasteiger charge is 2.36. The molecule has 0 fully saturated rings.